The first kappa shape index (κ1) is 24.0. The van der Waals surface area contributed by atoms with Gasteiger partial charge in [-0.1, -0.05) is 48.0 Å². The first-order chi connectivity index (χ1) is 16.4. The van der Waals surface area contributed by atoms with Crippen molar-refractivity contribution in [3.8, 4) is 0 Å². The average Bonchev–Trinajstić information content (AvgIpc) is 3.12. The molecule has 0 radical (unpaired) electrons. The highest BCUT2D eigenvalue weighted by atomic mass is 16.2. The van der Waals surface area contributed by atoms with Crippen molar-refractivity contribution in [3.05, 3.63) is 81.0 Å². The summed E-state index contributed by atoms with van der Waals surface area (Å²) < 4.78 is 3.39. The van der Waals surface area contributed by atoms with E-state index in [1.165, 1.54) is 5.56 Å². The van der Waals surface area contributed by atoms with Crippen molar-refractivity contribution in [2.75, 3.05) is 25.0 Å². The van der Waals surface area contributed by atoms with Gasteiger partial charge in [-0.3, -0.25) is 14.3 Å². The lowest BCUT2D eigenvalue weighted by Crippen LogP contribution is -2.39. The molecule has 2 aromatic carbocycles. The van der Waals surface area contributed by atoms with E-state index < -0.39 is 0 Å². The van der Waals surface area contributed by atoms with E-state index in [1.54, 1.807) is 9.25 Å². The summed E-state index contributed by atoms with van der Waals surface area (Å²) in [6.45, 7) is 11.2. The fraction of sp³-hybridized carbons (Fsp3) is 0.444. The molecular weight excluding hydrogens is 426 g/mol. The Kier molecular flexibility index (Phi) is 7.32. The summed E-state index contributed by atoms with van der Waals surface area (Å²) in [6.07, 6.45) is 1.77. The second-order valence-electron chi connectivity index (χ2n) is 9.40. The molecule has 0 atom stereocenters. The van der Waals surface area contributed by atoms with E-state index in [0.717, 1.165) is 54.1 Å². The molecule has 34 heavy (non-hydrogen) atoms. The lowest BCUT2D eigenvalue weighted by atomic mass is 9.96. The van der Waals surface area contributed by atoms with Crippen molar-refractivity contribution in [3.63, 3.8) is 0 Å². The molecule has 1 aliphatic heterocycles. The summed E-state index contributed by atoms with van der Waals surface area (Å²) in [7, 11) is 0. The number of carbonyl (C=O) groups excluding carboxylic acids is 1. The largest absolute Gasteiger partial charge is 0.346 e. The van der Waals surface area contributed by atoms with Crippen molar-refractivity contribution < 1.29 is 4.79 Å². The number of carbonyl (C=O) groups is 1. The molecule has 1 N–H and O–H groups in total. The van der Waals surface area contributed by atoms with Gasteiger partial charge in [-0.2, -0.15) is 5.10 Å². The van der Waals surface area contributed by atoms with E-state index >= 15 is 0 Å². The highest BCUT2D eigenvalue weighted by molar-refractivity contribution is 5.93. The van der Waals surface area contributed by atoms with E-state index in [4.69, 9.17) is 5.10 Å². The van der Waals surface area contributed by atoms with Crippen molar-refractivity contribution >= 4 is 11.6 Å². The minimum absolute atomic E-state index is 0.0195. The Labute approximate surface area is 201 Å². The smallest absolute Gasteiger partial charge is 0.324 e. The summed E-state index contributed by atoms with van der Waals surface area (Å²) in [5, 5.41) is 7.84. The van der Waals surface area contributed by atoms with E-state index in [1.807, 2.05) is 51.1 Å². The summed E-state index contributed by atoms with van der Waals surface area (Å²) in [5.41, 5.74) is 5.32. The van der Waals surface area contributed by atoms with Crippen LogP contribution in [0, 0.1) is 20.8 Å². The van der Waals surface area contributed by atoms with E-state index in [-0.39, 0.29) is 17.5 Å². The normalized spacial score (nSPS) is 14.9. The predicted molar refractivity (Wildman–Crippen MR) is 135 cm³/mol. The van der Waals surface area contributed by atoms with E-state index in [9.17, 15) is 9.59 Å². The number of aryl methyl sites for hydroxylation is 3. The summed E-state index contributed by atoms with van der Waals surface area (Å²) in [5.74, 6) is 1.12. The van der Waals surface area contributed by atoms with Crippen molar-refractivity contribution in [1.29, 1.82) is 0 Å². The molecule has 3 aromatic rings. The second-order valence-corrected chi connectivity index (χ2v) is 9.40. The molecule has 7 heteroatoms. The maximum Gasteiger partial charge on any atom is 0.346 e. The number of rotatable bonds is 7. The van der Waals surface area contributed by atoms with Gasteiger partial charge >= 0.3 is 5.69 Å². The number of likely N-dealkylation sites (tertiary alicyclic amines) is 1. The third kappa shape index (κ3) is 5.30. The topological polar surface area (TPSA) is 72.2 Å². The quantitative estimate of drug-likeness (QED) is 0.580. The van der Waals surface area contributed by atoms with Crippen molar-refractivity contribution in [2.24, 2.45) is 0 Å². The number of amides is 1. The Balaban J connectivity index is 1.38. The van der Waals surface area contributed by atoms with Crippen LogP contribution in [0.15, 0.2) is 47.3 Å². The van der Waals surface area contributed by atoms with E-state index in [2.05, 4.69) is 29.3 Å². The number of hydrogen-bond donors (Lipinski definition) is 1. The number of benzene rings is 2. The summed E-state index contributed by atoms with van der Waals surface area (Å²) >= 11 is 0. The third-order valence-electron chi connectivity index (χ3n) is 6.70. The van der Waals surface area contributed by atoms with Crippen LogP contribution in [-0.4, -0.2) is 44.8 Å². The maximum absolute atomic E-state index is 12.9. The molecule has 4 rings (SSSR count). The molecular formula is C27H35N5O2. The lowest BCUT2D eigenvalue weighted by molar-refractivity contribution is -0.117. The van der Waals surface area contributed by atoms with Gasteiger partial charge in [-0.05, 0) is 70.3 Å². The highest BCUT2D eigenvalue weighted by Crippen LogP contribution is 2.27. The van der Waals surface area contributed by atoms with Crippen molar-refractivity contribution in [1.82, 2.24) is 19.2 Å². The van der Waals surface area contributed by atoms with Gasteiger partial charge in [0.2, 0.25) is 5.91 Å². The monoisotopic (exact) mass is 461 g/mol. The number of nitrogens with one attached hydrogen (secondary N) is 1. The maximum atomic E-state index is 12.9. The van der Waals surface area contributed by atoms with Gasteiger partial charge in [0.15, 0.2) is 0 Å². The minimum Gasteiger partial charge on any atom is -0.324 e. The molecule has 7 nitrogen and oxygen atoms in total. The van der Waals surface area contributed by atoms with Gasteiger partial charge in [0.25, 0.3) is 0 Å². The molecule has 0 saturated carbocycles. The molecule has 1 fully saturated rings. The van der Waals surface area contributed by atoms with Crippen molar-refractivity contribution in [2.45, 2.75) is 59.5 Å². The number of anilines is 1. The van der Waals surface area contributed by atoms with Crippen LogP contribution >= 0.6 is 0 Å². The zero-order valence-electron chi connectivity index (χ0n) is 20.7. The molecule has 0 spiro atoms. The molecule has 1 aromatic heterocycles. The lowest BCUT2D eigenvalue weighted by Gasteiger charge is -2.31. The van der Waals surface area contributed by atoms with Gasteiger partial charge in [0.05, 0.1) is 13.1 Å². The molecule has 1 aliphatic rings. The molecule has 0 unspecified atom stereocenters. The Bertz CT molecular complexity index is 1180. The molecule has 2 heterocycles. The summed E-state index contributed by atoms with van der Waals surface area (Å²) in [4.78, 5) is 27.9. The SMILES string of the molecule is CCn1c(C2CCN(CC(=O)Nc3c(C)cc(C)cc3C)CC2)nn(Cc2ccccc2)c1=O. The van der Waals surface area contributed by atoms with Crippen LogP contribution in [0.1, 0.15) is 53.8 Å². The van der Waals surface area contributed by atoms with Gasteiger partial charge in [0, 0.05) is 18.2 Å². The number of aromatic nitrogens is 3. The van der Waals surface area contributed by atoms with Crippen LogP contribution < -0.4 is 11.0 Å². The van der Waals surface area contributed by atoms with Crippen LogP contribution in [0.3, 0.4) is 0 Å². The summed E-state index contributed by atoms with van der Waals surface area (Å²) in [6, 6.07) is 14.1. The van der Waals surface area contributed by atoms with Gasteiger partial charge < -0.3 is 5.32 Å². The first-order valence-electron chi connectivity index (χ1n) is 12.2. The average molecular weight is 462 g/mol. The molecule has 180 valence electrons. The number of piperidine rings is 1. The number of nitrogens with zero attached hydrogens (tertiary/aromatic N) is 4. The highest BCUT2D eigenvalue weighted by Gasteiger charge is 2.27. The van der Waals surface area contributed by atoms with Crippen LogP contribution in [0.4, 0.5) is 5.69 Å². The fourth-order valence-corrected chi connectivity index (χ4v) is 5.02. The molecule has 0 bridgehead atoms. The third-order valence-corrected chi connectivity index (χ3v) is 6.70. The Morgan fingerprint density at radius 3 is 2.32 bits per heavy atom. The van der Waals surface area contributed by atoms with Gasteiger partial charge in [-0.15, -0.1) is 0 Å². The Morgan fingerprint density at radius 2 is 1.71 bits per heavy atom. The van der Waals surface area contributed by atoms with Crippen LogP contribution in [0.2, 0.25) is 0 Å². The van der Waals surface area contributed by atoms with E-state index in [0.29, 0.717) is 19.6 Å². The number of hydrogen-bond acceptors (Lipinski definition) is 4. The molecule has 1 amide bonds. The zero-order chi connectivity index (χ0) is 24.2. The Hall–Kier alpha value is -3.19. The predicted octanol–water partition coefficient (Wildman–Crippen LogP) is 3.86. The van der Waals surface area contributed by atoms with Gasteiger partial charge in [0.1, 0.15) is 5.82 Å². The molecule has 0 aliphatic carbocycles. The van der Waals surface area contributed by atoms with Gasteiger partial charge in [-0.25, -0.2) is 9.48 Å². The Morgan fingerprint density at radius 1 is 1.06 bits per heavy atom. The zero-order valence-corrected chi connectivity index (χ0v) is 20.7. The first-order valence-corrected chi connectivity index (χ1v) is 12.2. The second kappa shape index (κ2) is 10.4. The van der Waals surface area contributed by atoms with Crippen LogP contribution in [0.5, 0.6) is 0 Å². The fourth-order valence-electron chi connectivity index (χ4n) is 5.02. The molecule has 1 saturated heterocycles. The standard InChI is InChI=1S/C27H35N5O2/c1-5-31-26(29-32(27(31)34)17-22-9-7-6-8-10-22)23-11-13-30(14-12-23)18-24(33)28-25-20(3)15-19(2)16-21(25)4/h6-10,15-16,23H,5,11-14,17-18H2,1-4H3,(H,28,33). The van der Waals surface area contributed by atoms with Crippen LogP contribution in [0.25, 0.3) is 0 Å². The minimum atomic E-state index is -0.0491. The van der Waals surface area contributed by atoms with Crippen LogP contribution in [-0.2, 0) is 17.9 Å².